The summed E-state index contributed by atoms with van der Waals surface area (Å²) >= 11 is 9.01. The van der Waals surface area contributed by atoms with Crippen LogP contribution >= 0.6 is 34.7 Å². The molecule has 10 heteroatoms. The summed E-state index contributed by atoms with van der Waals surface area (Å²) in [4.78, 5) is 32.5. The quantitative estimate of drug-likeness (QED) is 0.587. The smallest absolute Gasteiger partial charge is 0.283 e. The molecule has 2 aliphatic heterocycles. The van der Waals surface area contributed by atoms with Crippen molar-refractivity contribution in [1.82, 2.24) is 5.32 Å². The molecule has 1 atom stereocenters. The number of nitrogens with one attached hydrogen (secondary N) is 1. The Labute approximate surface area is 199 Å². The number of benzene rings is 1. The second-order valence-electron chi connectivity index (χ2n) is 7.13. The molecule has 4 rings (SSSR count). The van der Waals surface area contributed by atoms with E-state index in [4.69, 9.17) is 21.1 Å². The molecule has 1 aromatic carbocycles. The van der Waals surface area contributed by atoms with Gasteiger partial charge in [0.05, 0.1) is 29.7 Å². The zero-order valence-corrected chi connectivity index (χ0v) is 19.8. The molecule has 2 aliphatic rings. The van der Waals surface area contributed by atoms with Gasteiger partial charge in [-0.05, 0) is 48.6 Å². The highest BCUT2D eigenvalue weighted by Gasteiger charge is 2.33. The number of thioether (sulfide) groups is 1. The highest BCUT2D eigenvalue weighted by molar-refractivity contribution is 8.14. The number of amides is 2. The molecule has 7 nitrogen and oxygen atoms in total. The minimum atomic E-state index is -0.276. The molecule has 2 aromatic rings. The van der Waals surface area contributed by atoms with Crippen molar-refractivity contribution in [2.24, 2.45) is 4.99 Å². The van der Waals surface area contributed by atoms with Crippen LogP contribution in [0.1, 0.15) is 17.7 Å². The summed E-state index contributed by atoms with van der Waals surface area (Å²) in [5.41, 5.74) is 0.864. The number of methoxy groups -OCH3 is 1. The predicted molar refractivity (Wildman–Crippen MR) is 130 cm³/mol. The first-order valence-corrected chi connectivity index (χ1v) is 12.3. The largest absolute Gasteiger partial charge is 0.495 e. The first-order valence-electron chi connectivity index (χ1n) is 10.1. The van der Waals surface area contributed by atoms with E-state index in [1.54, 1.807) is 24.3 Å². The van der Waals surface area contributed by atoms with Crippen LogP contribution in [0.15, 0.2) is 46.4 Å². The molecule has 0 saturated carbocycles. The Morgan fingerprint density at radius 1 is 1.47 bits per heavy atom. The van der Waals surface area contributed by atoms with Crippen molar-refractivity contribution >= 4 is 63.4 Å². The Balaban J connectivity index is 1.51. The standard InChI is InChI=1S/C22H22ClN3O4S2/c1-29-19-7-6-14(10-17(19)23)26-21(28)18(11-16-5-3-9-31-16)25-22(26)32-13-20(27)24-12-15-4-2-8-30-15/h3,5-7,9-11,15H,2,4,8,12-13H2,1H3,(H,24,27). The van der Waals surface area contributed by atoms with Crippen molar-refractivity contribution in [2.45, 2.75) is 18.9 Å². The van der Waals surface area contributed by atoms with Crippen molar-refractivity contribution in [3.8, 4) is 5.75 Å². The van der Waals surface area contributed by atoms with Crippen molar-refractivity contribution in [3.05, 3.63) is 51.3 Å². The number of nitrogens with zero attached hydrogens (tertiary/aromatic N) is 2. The maximum absolute atomic E-state index is 13.2. The zero-order chi connectivity index (χ0) is 22.5. The first-order chi connectivity index (χ1) is 15.5. The van der Waals surface area contributed by atoms with Crippen LogP contribution in [-0.4, -0.2) is 49.1 Å². The van der Waals surface area contributed by atoms with E-state index < -0.39 is 0 Å². The molecule has 1 unspecified atom stereocenters. The molecule has 0 aliphatic carbocycles. The number of rotatable bonds is 7. The minimum absolute atomic E-state index is 0.0765. The number of amidine groups is 1. The third-order valence-corrected chi connectivity index (χ3v) is 6.98. The van der Waals surface area contributed by atoms with Crippen LogP contribution in [0.4, 0.5) is 5.69 Å². The van der Waals surface area contributed by atoms with Gasteiger partial charge in [-0.3, -0.25) is 14.5 Å². The highest BCUT2D eigenvalue weighted by Crippen LogP contribution is 2.34. The Bertz CT molecular complexity index is 1050. The SMILES string of the molecule is COc1ccc(N2C(=O)C(=Cc3cccs3)N=C2SCC(=O)NCC2CCCO2)cc1Cl. The van der Waals surface area contributed by atoms with E-state index >= 15 is 0 Å². The van der Waals surface area contributed by atoms with Crippen LogP contribution < -0.4 is 15.0 Å². The van der Waals surface area contributed by atoms with E-state index in [-0.39, 0.29) is 23.7 Å². The van der Waals surface area contributed by atoms with Crippen LogP contribution in [0.5, 0.6) is 5.75 Å². The topological polar surface area (TPSA) is 80.2 Å². The summed E-state index contributed by atoms with van der Waals surface area (Å²) in [5, 5.41) is 5.63. The lowest BCUT2D eigenvalue weighted by Crippen LogP contribution is -2.35. The van der Waals surface area contributed by atoms with Gasteiger partial charge in [-0.25, -0.2) is 4.99 Å². The van der Waals surface area contributed by atoms with Crippen LogP contribution in [0.3, 0.4) is 0 Å². The summed E-state index contributed by atoms with van der Waals surface area (Å²) in [5.74, 6) is 0.230. The molecule has 3 heterocycles. The van der Waals surface area contributed by atoms with Gasteiger partial charge in [0, 0.05) is 18.0 Å². The minimum Gasteiger partial charge on any atom is -0.495 e. The predicted octanol–water partition coefficient (Wildman–Crippen LogP) is 4.18. The fraction of sp³-hybridized carbons (Fsp3) is 0.318. The van der Waals surface area contributed by atoms with Crippen molar-refractivity contribution in [2.75, 3.05) is 30.9 Å². The molecule has 1 aromatic heterocycles. The maximum Gasteiger partial charge on any atom is 0.283 e. The Morgan fingerprint density at radius 2 is 2.34 bits per heavy atom. The van der Waals surface area contributed by atoms with E-state index in [1.165, 1.54) is 35.1 Å². The Morgan fingerprint density at radius 3 is 3.03 bits per heavy atom. The molecule has 2 amide bonds. The molecule has 168 valence electrons. The number of hydrogen-bond acceptors (Lipinski definition) is 7. The van der Waals surface area contributed by atoms with Crippen LogP contribution in [0.2, 0.25) is 5.02 Å². The summed E-state index contributed by atoms with van der Waals surface area (Å²) in [6.07, 6.45) is 3.80. The summed E-state index contributed by atoms with van der Waals surface area (Å²) in [6.45, 7) is 1.24. The average Bonchev–Trinajstić information content (AvgIpc) is 3.54. The van der Waals surface area contributed by atoms with Crippen molar-refractivity contribution in [1.29, 1.82) is 0 Å². The molecule has 1 fully saturated rings. The van der Waals surface area contributed by atoms with E-state index in [0.717, 1.165) is 24.3 Å². The molecular weight excluding hydrogens is 470 g/mol. The third kappa shape index (κ3) is 5.35. The van der Waals surface area contributed by atoms with Gasteiger partial charge in [0.15, 0.2) is 5.17 Å². The van der Waals surface area contributed by atoms with Crippen molar-refractivity contribution in [3.63, 3.8) is 0 Å². The van der Waals surface area contributed by atoms with E-state index in [0.29, 0.717) is 33.9 Å². The Hall–Kier alpha value is -2.33. The van der Waals surface area contributed by atoms with Gasteiger partial charge < -0.3 is 14.8 Å². The van der Waals surface area contributed by atoms with E-state index in [2.05, 4.69) is 10.3 Å². The lowest BCUT2D eigenvalue weighted by Gasteiger charge is -2.19. The second kappa shape index (κ2) is 10.5. The number of carbonyl (C=O) groups excluding carboxylic acids is 2. The third-order valence-electron chi connectivity index (χ3n) is 4.93. The molecule has 0 bridgehead atoms. The normalized spacial score (nSPS) is 19.5. The molecule has 1 saturated heterocycles. The number of aliphatic imine (C=N–C) groups is 1. The molecule has 0 radical (unpaired) electrons. The number of anilines is 1. The molecule has 0 spiro atoms. The molecular formula is C22H22ClN3O4S2. The molecule has 32 heavy (non-hydrogen) atoms. The average molecular weight is 492 g/mol. The van der Waals surface area contributed by atoms with Crippen LogP contribution in [0, 0.1) is 0 Å². The monoisotopic (exact) mass is 491 g/mol. The van der Waals surface area contributed by atoms with Gasteiger partial charge in [0.25, 0.3) is 5.91 Å². The lowest BCUT2D eigenvalue weighted by molar-refractivity contribution is -0.119. The number of carbonyl (C=O) groups is 2. The van der Waals surface area contributed by atoms with E-state index in [9.17, 15) is 9.59 Å². The number of hydrogen-bond donors (Lipinski definition) is 1. The Kier molecular flexibility index (Phi) is 7.51. The highest BCUT2D eigenvalue weighted by atomic mass is 35.5. The van der Waals surface area contributed by atoms with Gasteiger partial charge in [0.2, 0.25) is 5.91 Å². The lowest BCUT2D eigenvalue weighted by atomic mass is 10.2. The number of thiophene rings is 1. The molecule has 1 N–H and O–H groups in total. The first kappa shape index (κ1) is 22.8. The fourth-order valence-electron chi connectivity index (χ4n) is 3.34. The van der Waals surface area contributed by atoms with Gasteiger partial charge in [0.1, 0.15) is 11.4 Å². The maximum atomic E-state index is 13.2. The fourth-order valence-corrected chi connectivity index (χ4v) is 5.08. The summed E-state index contributed by atoms with van der Waals surface area (Å²) in [7, 11) is 1.53. The van der Waals surface area contributed by atoms with Gasteiger partial charge in [-0.1, -0.05) is 29.4 Å². The number of halogens is 1. The zero-order valence-electron chi connectivity index (χ0n) is 17.4. The summed E-state index contributed by atoms with van der Waals surface area (Å²) in [6, 6.07) is 8.92. The van der Waals surface area contributed by atoms with E-state index in [1.807, 2.05) is 17.5 Å². The van der Waals surface area contributed by atoms with Crippen LogP contribution in [0.25, 0.3) is 6.08 Å². The van der Waals surface area contributed by atoms with Crippen LogP contribution in [-0.2, 0) is 14.3 Å². The van der Waals surface area contributed by atoms with Gasteiger partial charge in [-0.15, -0.1) is 11.3 Å². The number of ether oxygens (including phenoxy) is 2. The van der Waals surface area contributed by atoms with Gasteiger partial charge >= 0.3 is 0 Å². The van der Waals surface area contributed by atoms with Crippen molar-refractivity contribution < 1.29 is 19.1 Å². The second-order valence-corrected chi connectivity index (χ2v) is 9.46. The van der Waals surface area contributed by atoms with Gasteiger partial charge in [-0.2, -0.15) is 0 Å². The summed E-state index contributed by atoms with van der Waals surface area (Å²) < 4.78 is 10.7.